The summed E-state index contributed by atoms with van der Waals surface area (Å²) in [5, 5.41) is 0. The van der Waals surface area contributed by atoms with Crippen molar-refractivity contribution in [2.24, 2.45) is 0 Å². The minimum absolute atomic E-state index is 0. The predicted octanol–water partition coefficient (Wildman–Crippen LogP) is 0.0442. The fourth-order valence-corrected chi connectivity index (χ4v) is 0. The van der Waals surface area contributed by atoms with Gasteiger partial charge in [0.15, 0.2) is 0 Å². The van der Waals surface area contributed by atoms with Crippen LogP contribution in [0.4, 0.5) is 0 Å². The van der Waals surface area contributed by atoms with E-state index in [1.807, 2.05) is 0 Å². The molecule has 0 saturated carbocycles. The molecule has 0 saturated heterocycles. The Morgan fingerprint density at radius 2 is 1.00 bits per heavy atom. The summed E-state index contributed by atoms with van der Waals surface area (Å²) in [6.45, 7) is 17.1. The Labute approximate surface area is 96.3 Å². The largest absolute Gasteiger partial charge is 1.00 e. The van der Waals surface area contributed by atoms with Crippen LogP contribution in [0.3, 0.4) is 0 Å². The van der Waals surface area contributed by atoms with E-state index < -0.39 is 7.26 Å². The average molecular weight is 399 g/mol. The summed E-state index contributed by atoms with van der Waals surface area (Å²) in [5.74, 6) is 0. The van der Waals surface area contributed by atoms with E-state index >= 15 is 0 Å². The zero-order valence-electron chi connectivity index (χ0n) is 8.28. The van der Waals surface area contributed by atoms with E-state index in [1.165, 1.54) is 0 Å². The van der Waals surface area contributed by atoms with E-state index in [9.17, 15) is 0 Å². The molecule has 0 aromatic heterocycles. The molecule has 0 rings (SSSR count). The van der Waals surface area contributed by atoms with E-state index in [0.717, 1.165) is 0 Å². The van der Waals surface area contributed by atoms with Crippen LogP contribution in [0.15, 0.2) is 0 Å². The van der Waals surface area contributed by atoms with Gasteiger partial charge < -0.3 is 12.4 Å². The first-order valence-corrected chi connectivity index (χ1v) is 9.00. The second-order valence-corrected chi connectivity index (χ2v) is 10.9. The summed E-state index contributed by atoms with van der Waals surface area (Å²) in [5.41, 5.74) is 0. The minimum Gasteiger partial charge on any atom is -1.00 e. The molecule has 0 N–H and O–H groups in total. The summed E-state index contributed by atoms with van der Waals surface area (Å²) in [6.07, 6.45) is 0. The van der Waals surface area contributed by atoms with Gasteiger partial charge in [-0.25, -0.2) is 0 Å². The second kappa shape index (κ2) is 11.9. The van der Waals surface area contributed by atoms with Crippen LogP contribution in [0.1, 0.15) is 0 Å². The van der Waals surface area contributed by atoms with Crippen LogP contribution in [0, 0.1) is 6.66 Å². The molecule has 0 aliphatic heterocycles. The van der Waals surface area contributed by atoms with Crippen LogP contribution in [-0.4, -0.2) is 40.0 Å². The third-order valence-electron chi connectivity index (χ3n) is 0. The quantitative estimate of drug-likeness (QED) is 0.307. The van der Waals surface area contributed by atoms with E-state index in [1.54, 1.807) is 0 Å². The van der Waals surface area contributed by atoms with Gasteiger partial charge in [0.25, 0.3) is 0 Å². The van der Waals surface area contributed by atoms with Crippen molar-refractivity contribution in [2.75, 3.05) is 40.0 Å². The van der Waals surface area contributed by atoms with Gasteiger partial charge in [-0.05, 0) is 20.0 Å². The first-order valence-electron chi connectivity index (χ1n) is 3.00. The number of rotatable bonds is 0. The minimum atomic E-state index is -0.639. The average Bonchev–Trinajstić information content (AvgIpc) is 1.19. The maximum atomic E-state index is 3.88. The van der Waals surface area contributed by atoms with Crippen LogP contribution in [-0.2, 0) is 22.4 Å². The van der Waals surface area contributed by atoms with E-state index in [4.69, 9.17) is 0 Å². The van der Waals surface area contributed by atoms with Crippen molar-refractivity contribution in [3.05, 3.63) is 6.66 Å². The molecule has 0 bridgehead atoms. The van der Waals surface area contributed by atoms with E-state index in [2.05, 4.69) is 46.7 Å². The Morgan fingerprint density at radius 3 is 1.00 bits per heavy atom. The molecular weight excluding hydrogens is 378 g/mol. The molecule has 0 radical (unpaired) electrons. The molecule has 0 nitrogen and oxygen atoms in total. The number of halogens is 1. The van der Waals surface area contributed by atoms with Gasteiger partial charge in [0.1, 0.15) is 0 Å². The molecule has 0 aliphatic rings. The van der Waals surface area contributed by atoms with Gasteiger partial charge >= 0.3 is 22.4 Å². The van der Waals surface area contributed by atoms with Gasteiger partial charge in [0, 0.05) is 20.0 Å². The SMILES string of the molecule is CP(C)C.[Au+].[CH2-][P+](C)(C)C.[Cl-]. The fraction of sp³-hybridized carbons (Fsp3) is 0.857. The normalized spacial score (nSPS) is 8.73. The maximum Gasteiger partial charge on any atom is 1.00 e. The topological polar surface area (TPSA) is 0 Å². The molecule has 0 spiro atoms. The molecular formula is C7H20AuClP2. The van der Waals surface area contributed by atoms with Crippen molar-refractivity contribution < 1.29 is 34.8 Å². The third-order valence-corrected chi connectivity index (χ3v) is 0. The standard InChI is InChI=1S/C4H11P.C3H9P.Au.ClH/c1-5(2,3)4;1-4(2)3;;/h1H2,2-4H3;1-3H3;;1H/q;;+1;/p-1. The van der Waals surface area contributed by atoms with Crippen LogP contribution in [0.25, 0.3) is 0 Å². The summed E-state index contributed by atoms with van der Waals surface area (Å²) in [6, 6.07) is 0. The summed E-state index contributed by atoms with van der Waals surface area (Å²) in [7, 11) is -0.259. The molecule has 0 fully saturated rings. The van der Waals surface area contributed by atoms with Crippen molar-refractivity contribution >= 4 is 15.2 Å². The van der Waals surface area contributed by atoms with Crippen molar-refractivity contribution in [1.82, 2.24) is 0 Å². The molecule has 0 amide bonds. The molecule has 11 heavy (non-hydrogen) atoms. The van der Waals surface area contributed by atoms with Crippen molar-refractivity contribution in [3.63, 3.8) is 0 Å². The Balaban J connectivity index is -0.0000000383. The number of hydrogen-bond donors (Lipinski definition) is 0. The predicted molar refractivity (Wildman–Crippen MR) is 54.7 cm³/mol. The van der Waals surface area contributed by atoms with E-state index in [0.29, 0.717) is 7.92 Å². The summed E-state index contributed by atoms with van der Waals surface area (Å²) in [4.78, 5) is 0. The first kappa shape index (κ1) is 23.1. The zero-order valence-corrected chi connectivity index (χ0v) is 13.0. The molecule has 0 aromatic rings. The third kappa shape index (κ3) is 326. The smallest absolute Gasteiger partial charge is 1.00 e. The van der Waals surface area contributed by atoms with Crippen molar-refractivity contribution in [3.8, 4) is 0 Å². The second-order valence-electron chi connectivity index (χ2n) is 3.63. The molecule has 0 atom stereocenters. The van der Waals surface area contributed by atoms with Crippen molar-refractivity contribution in [2.45, 2.75) is 0 Å². The molecule has 0 unspecified atom stereocenters. The van der Waals surface area contributed by atoms with Crippen LogP contribution in [0.2, 0.25) is 0 Å². The Hall–Kier alpha value is 1.89. The van der Waals surface area contributed by atoms with E-state index in [-0.39, 0.29) is 34.8 Å². The van der Waals surface area contributed by atoms with Gasteiger partial charge in [0.2, 0.25) is 0 Å². The number of hydrogen-bond acceptors (Lipinski definition) is 0. The van der Waals surface area contributed by atoms with Gasteiger partial charge in [-0.15, -0.1) is 15.2 Å². The molecule has 0 heterocycles. The molecule has 0 aliphatic carbocycles. The fourth-order valence-electron chi connectivity index (χ4n) is 0. The van der Waals surface area contributed by atoms with Gasteiger partial charge in [-0.2, -0.15) is 6.66 Å². The van der Waals surface area contributed by atoms with Gasteiger partial charge in [0.05, 0.1) is 0 Å². The maximum absolute atomic E-state index is 3.88. The molecule has 4 heteroatoms. The summed E-state index contributed by atoms with van der Waals surface area (Å²) >= 11 is 0. The molecule has 0 aromatic carbocycles. The van der Waals surface area contributed by atoms with Crippen LogP contribution >= 0.6 is 15.2 Å². The zero-order chi connectivity index (χ0) is 8.08. The van der Waals surface area contributed by atoms with Gasteiger partial charge in [-0.3, -0.25) is 0 Å². The van der Waals surface area contributed by atoms with Gasteiger partial charge in [-0.1, -0.05) is 0 Å². The van der Waals surface area contributed by atoms with Crippen molar-refractivity contribution in [1.29, 1.82) is 0 Å². The molecule has 76 valence electrons. The monoisotopic (exact) mass is 398 g/mol. The Bertz CT molecular complexity index is 53.2. The van der Waals surface area contributed by atoms with Crippen LogP contribution < -0.4 is 12.4 Å². The summed E-state index contributed by atoms with van der Waals surface area (Å²) < 4.78 is 0. The Morgan fingerprint density at radius 1 is 1.00 bits per heavy atom. The first-order chi connectivity index (χ1) is 3.73. The Kier molecular flexibility index (Phi) is 24.9. The van der Waals surface area contributed by atoms with Crippen LogP contribution in [0.5, 0.6) is 0 Å².